The van der Waals surface area contributed by atoms with Crippen LogP contribution in [-0.4, -0.2) is 30.1 Å². The van der Waals surface area contributed by atoms with Crippen LogP contribution in [0.1, 0.15) is 107 Å². The summed E-state index contributed by atoms with van der Waals surface area (Å²) in [5, 5.41) is 0. The summed E-state index contributed by atoms with van der Waals surface area (Å²) in [5.74, 6) is 1.77. The Labute approximate surface area is 235 Å². The van der Waals surface area contributed by atoms with Crippen LogP contribution in [0.25, 0.3) is 6.08 Å². The maximum absolute atomic E-state index is 12.7. The molecular formula is C34H48O5. The first-order valence-electron chi connectivity index (χ1n) is 14.5. The van der Waals surface area contributed by atoms with Gasteiger partial charge in [-0.2, -0.15) is 0 Å². The van der Waals surface area contributed by atoms with Crippen molar-refractivity contribution in [1.29, 1.82) is 0 Å². The van der Waals surface area contributed by atoms with Gasteiger partial charge < -0.3 is 14.2 Å². The van der Waals surface area contributed by atoms with Crippen molar-refractivity contribution in [2.45, 2.75) is 106 Å². The van der Waals surface area contributed by atoms with Crippen LogP contribution in [0.5, 0.6) is 11.5 Å². The summed E-state index contributed by atoms with van der Waals surface area (Å²) < 4.78 is 17.3. The van der Waals surface area contributed by atoms with Crippen molar-refractivity contribution >= 4 is 17.8 Å². The first-order chi connectivity index (χ1) is 18.5. The predicted molar refractivity (Wildman–Crippen MR) is 160 cm³/mol. The van der Waals surface area contributed by atoms with Gasteiger partial charge in [-0.15, -0.1) is 0 Å². The monoisotopic (exact) mass is 536 g/mol. The van der Waals surface area contributed by atoms with Gasteiger partial charge in [0.05, 0.1) is 12.7 Å². The summed E-state index contributed by atoms with van der Waals surface area (Å²) in [6.45, 7) is 15.6. The maximum Gasteiger partial charge on any atom is 0.350 e. The number of aryl methyl sites for hydroxylation is 2. The van der Waals surface area contributed by atoms with Gasteiger partial charge >= 0.3 is 5.97 Å². The molecule has 0 bridgehead atoms. The van der Waals surface area contributed by atoms with Crippen molar-refractivity contribution in [2.24, 2.45) is 5.92 Å². The molecule has 3 rings (SSSR count). The lowest BCUT2D eigenvalue weighted by Gasteiger charge is -2.27. The number of allylic oxidation sites excluding steroid dienone is 1. The molecule has 0 radical (unpaired) electrons. The fourth-order valence-electron chi connectivity index (χ4n) is 4.70. The lowest BCUT2D eigenvalue weighted by atomic mass is 9.87. The first-order valence-corrected chi connectivity index (χ1v) is 14.5. The number of ketones is 1. The highest BCUT2D eigenvalue weighted by Gasteiger charge is 2.33. The van der Waals surface area contributed by atoms with Crippen molar-refractivity contribution in [1.82, 2.24) is 0 Å². The third kappa shape index (κ3) is 10.2. The van der Waals surface area contributed by atoms with Gasteiger partial charge in [-0.05, 0) is 113 Å². The first kappa shape index (κ1) is 32.1. The lowest BCUT2D eigenvalue weighted by molar-refractivity contribution is -0.163. The highest BCUT2D eigenvalue weighted by atomic mass is 16.6. The van der Waals surface area contributed by atoms with E-state index in [1.54, 1.807) is 26.0 Å². The summed E-state index contributed by atoms with van der Waals surface area (Å²) in [6.07, 6.45) is 11.0. The number of benzene rings is 2. The molecule has 5 nitrogen and oxygen atoms in total. The third-order valence-corrected chi connectivity index (χ3v) is 6.76. The molecule has 0 unspecified atom stereocenters. The zero-order chi connectivity index (χ0) is 29.0. The van der Waals surface area contributed by atoms with Crippen LogP contribution in [0.3, 0.4) is 0 Å². The molecule has 0 aliphatic heterocycles. The molecule has 0 aromatic heterocycles. The fourth-order valence-corrected chi connectivity index (χ4v) is 4.70. The summed E-state index contributed by atoms with van der Waals surface area (Å²) in [6, 6.07) is 11.3. The Balaban J connectivity index is 0.00000260. The molecule has 0 N–H and O–H groups in total. The maximum atomic E-state index is 12.7. The van der Waals surface area contributed by atoms with E-state index in [1.807, 2.05) is 77.9 Å². The highest BCUT2D eigenvalue weighted by molar-refractivity contribution is 6.06. The highest BCUT2D eigenvalue weighted by Crippen LogP contribution is 2.30. The fraction of sp³-hybridized carbons (Fsp3) is 0.529. The average Bonchev–Trinajstić information content (AvgIpc) is 2.91. The molecular weight excluding hydrogens is 488 g/mol. The Bertz CT molecular complexity index is 1070. The van der Waals surface area contributed by atoms with Crippen molar-refractivity contribution in [2.75, 3.05) is 6.61 Å². The van der Waals surface area contributed by atoms with E-state index in [2.05, 4.69) is 0 Å². The van der Waals surface area contributed by atoms with Crippen LogP contribution in [-0.2, 0) is 9.53 Å². The molecule has 1 aliphatic carbocycles. The van der Waals surface area contributed by atoms with Gasteiger partial charge in [0, 0.05) is 5.56 Å². The van der Waals surface area contributed by atoms with E-state index in [0.29, 0.717) is 11.3 Å². The molecule has 0 amide bonds. The normalized spacial score (nSPS) is 14.1. The molecule has 39 heavy (non-hydrogen) atoms. The smallest absolute Gasteiger partial charge is 0.350 e. The van der Waals surface area contributed by atoms with Crippen LogP contribution in [0.4, 0.5) is 0 Å². The van der Waals surface area contributed by atoms with E-state index in [9.17, 15) is 9.59 Å². The second kappa shape index (κ2) is 15.5. The number of ether oxygens (including phenoxy) is 3. The Morgan fingerprint density at radius 1 is 0.974 bits per heavy atom. The minimum atomic E-state index is -1.11. The number of carbonyl (C=O) groups is 2. The molecule has 2 aromatic carbocycles. The molecule has 214 valence electrons. The zero-order valence-electron chi connectivity index (χ0n) is 25.3. The summed E-state index contributed by atoms with van der Waals surface area (Å²) >= 11 is 0. The van der Waals surface area contributed by atoms with E-state index in [1.165, 1.54) is 32.1 Å². The Kier molecular flexibility index (Phi) is 12.8. The van der Waals surface area contributed by atoms with E-state index in [0.717, 1.165) is 41.4 Å². The number of hydrogen-bond acceptors (Lipinski definition) is 5. The van der Waals surface area contributed by atoms with Gasteiger partial charge in [0.2, 0.25) is 0 Å². The lowest BCUT2D eigenvalue weighted by Crippen LogP contribution is -2.41. The van der Waals surface area contributed by atoms with E-state index in [4.69, 9.17) is 14.2 Å². The molecule has 2 aromatic rings. The Morgan fingerprint density at radius 3 is 2.13 bits per heavy atom. The van der Waals surface area contributed by atoms with Gasteiger partial charge in [-0.1, -0.05) is 52.0 Å². The van der Waals surface area contributed by atoms with Crippen LogP contribution in [0.2, 0.25) is 0 Å². The molecule has 0 spiro atoms. The molecule has 0 atom stereocenters. The molecule has 1 fully saturated rings. The molecule has 1 saturated carbocycles. The van der Waals surface area contributed by atoms with Crippen molar-refractivity contribution < 1.29 is 23.8 Å². The van der Waals surface area contributed by atoms with Gasteiger partial charge in [0.15, 0.2) is 11.4 Å². The van der Waals surface area contributed by atoms with E-state index in [-0.39, 0.29) is 11.9 Å². The standard InChI is InChI=1S/C32H42O5.C2H6/c1-22(2)36-31(34)32(5,6)37-30-23(3)20-26(21-24(30)4)12-17-29(33)27-13-15-28(16-14-27)35-19-18-25-10-8-7-9-11-25;1-2/h12-17,20-22,25H,7-11,18-19H2,1-6H3;1-2H3/b17-12+;. The van der Waals surface area contributed by atoms with Crippen LogP contribution >= 0.6 is 0 Å². The second-order valence-corrected chi connectivity index (χ2v) is 10.9. The second-order valence-electron chi connectivity index (χ2n) is 10.9. The van der Waals surface area contributed by atoms with E-state index >= 15 is 0 Å². The van der Waals surface area contributed by atoms with Gasteiger partial charge in [-0.3, -0.25) is 4.79 Å². The largest absolute Gasteiger partial charge is 0.494 e. The third-order valence-electron chi connectivity index (χ3n) is 6.76. The molecule has 1 aliphatic rings. The summed E-state index contributed by atoms with van der Waals surface area (Å²) in [4.78, 5) is 25.1. The van der Waals surface area contributed by atoms with Gasteiger partial charge in [-0.25, -0.2) is 4.79 Å². The van der Waals surface area contributed by atoms with Gasteiger partial charge in [0.1, 0.15) is 11.5 Å². The summed E-state index contributed by atoms with van der Waals surface area (Å²) in [5.41, 5.74) is 2.16. The van der Waals surface area contributed by atoms with Crippen LogP contribution in [0, 0.1) is 19.8 Å². The topological polar surface area (TPSA) is 61.8 Å². The number of esters is 1. The quantitative estimate of drug-likeness (QED) is 0.163. The predicted octanol–water partition coefficient (Wildman–Crippen LogP) is 8.68. The van der Waals surface area contributed by atoms with Gasteiger partial charge in [0.25, 0.3) is 0 Å². The minimum Gasteiger partial charge on any atom is -0.494 e. The zero-order valence-corrected chi connectivity index (χ0v) is 25.3. The molecule has 0 saturated heterocycles. The van der Waals surface area contributed by atoms with E-state index < -0.39 is 11.6 Å². The number of carbonyl (C=O) groups excluding carboxylic acids is 2. The van der Waals surface area contributed by atoms with Crippen molar-refractivity contribution in [3.8, 4) is 11.5 Å². The van der Waals surface area contributed by atoms with Crippen LogP contribution < -0.4 is 9.47 Å². The van der Waals surface area contributed by atoms with Crippen molar-refractivity contribution in [3.63, 3.8) is 0 Å². The summed E-state index contributed by atoms with van der Waals surface area (Å²) in [7, 11) is 0. The molecule has 0 heterocycles. The van der Waals surface area contributed by atoms with Crippen molar-refractivity contribution in [3.05, 3.63) is 64.7 Å². The minimum absolute atomic E-state index is 0.0676. The number of hydrogen-bond donors (Lipinski definition) is 0. The Morgan fingerprint density at radius 2 is 1.56 bits per heavy atom. The number of rotatable bonds is 11. The molecule has 5 heteroatoms. The Hall–Kier alpha value is -3.08. The van der Waals surface area contributed by atoms with Crippen LogP contribution in [0.15, 0.2) is 42.5 Å². The average molecular weight is 537 g/mol. The SMILES string of the molecule is CC.Cc1cc(/C=C/C(=O)c2ccc(OCCC3CCCCC3)cc2)cc(C)c1OC(C)(C)C(=O)OC(C)C.